The molecule has 5 rings (SSSR count). The van der Waals surface area contributed by atoms with Crippen molar-refractivity contribution in [2.75, 3.05) is 69.7 Å². The average Bonchev–Trinajstić information content (AvgIpc) is 2.93. The zero-order valence-electron chi connectivity index (χ0n) is 22.9. The highest BCUT2D eigenvalue weighted by Gasteiger charge is 2.21. The summed E-state index contributed by atoms with van der Waals surface area (Å²) in [5.41, 5.74) is 4.95. The Hall–Kier alpha value is -3.33. The molecule has 2 saturated heterocycles. The van der Waals surface area contributed by atoms with Crippen LogP contribution in [0.2, 0.25) is 0 Å². The molecule has 0 radical (unpaired) electrons. The zero-order valence-corrected chi connectivity index (χ0v) is 22.9. The minimum Gasteiger partial charge on any atom is -0.379 e. The van der Waals surface area contributed by atoms with Gasteiger partial charge >= 0.3 is 0 Å². The molecule has 0 aromatic heterocycles. The molecular weight excluding hydrogens is 498 g/mol. The fourth-order valence-corrected chi connectivity index (χ4v) is 5.31. The Balaban J connectivity index is 1.48. The lowest BCUT2D eigenvalue weighted by atomic mass is 10.00. The van der Waals surface area contributed by atoms with Gasteiger partial charge < -0.3 is 19.9 Å². The second kappa shape index (κ2) is 11.8. The van der Waals surface area contributed by atoms with Crippen molar-refractivity contribution in [3.8, 4) is 11.1 Å². The second-order valence-electron chi connectivity index (χ2n) is 10.6. The van der Waals surface area contributed by atoms with Crippen LogP contribution in [0.3, 0.4) is 0 Å². The first-order valence-corrected chi connectivity index (χ1v) is 13.5. The summed E-state index contributed by atoms with van der Waals surface area (Å²) in [6.45, 7) is 10.6. The molecule has 206 valence electrons. The molecule has 0 aliphatic carbocycles. The number of anilines is 2. The average molecular weight is 535 g/mol. The quantitative estimate of drug-likeness (QED) is 0.478. The SMILES string of the molecule is Cc1cc(C(=O)Nc2cc(-c3cc(CN4CCOCC4)ccc3F)ccc2N2CCN(C)CC2)cc(C)c1F. The zero-order chi connectivity index (χ0) is 27.5. The fourth-order valence-electron chi connectivity index (χ4n) is 5.31. The molecule has 2 aliphatic heterocycles. The van der Waals surface area contributed by atoms with Crippen LogP contribution in [-0.2, 0) is 11.3 Å². The van der Waals surface area contributed by atoms with E-state index in [-0.39, 0.29) is 17.5 Å². The third-order valence-corrected chi connectivity index (χ3v) is 7.64. The summed E-state index contributed by atoms with van der Waals surface area (Å²) < 4.78 is 34.8. The van der Waals surface area contributed by atoms with Crippen LogP contribution in [0.1, 0.15) is 27.0 Å². The minimum absolute atomic E-state index is 0.306. The van der Waals surface area contributed by atoms with Gasteiger partial charge in [0, 0.05) is 56.9 Å². The van der Waals surface area contributed by atoms with Crippen molar-refractivity contribution in [2.45, 2.75) is 20.4 Å². The first-order chi connectivity index (χ1) is 18.8. The molecule has 2 heterocycles. The molecule has 0 atom stereocenters. The maximum Gasteiger partial charge on any atom is 0.255 e. The van der Waals surface area contributed by atoms with Crippen LogP contribution >= 0.6 is 0 Å². The normalized spacial score (nSPS) is 16.9. The number of carbonyl (C=O) groups excluding carboxylic acids is 1. The molecule has 0 saturated carbocycles. The molecule has 3 aromatic rings. The number of piperazine rings is 1. The van der Waals surface area contributed by atoms with Gasteiger partial charge in [-0.2, -0.15) is 0 Å². The van der Waals surface area contributed by atoms with Gasteiger partial charge in [0.2, 0.25) is 0 Å². The monoisotopic (exact) mass is 534 g/mol. The summed E-state index contributed by atoms with van der Waals surface area (Å²) in [6.07, 6.45) is 0. The van der Waals surface area contributed by atoms with Crippen LogP contribution in [0.25, 0.3) is 11.1 Å². The summed E-state index contributed by atoms with van der Waals surface area (Å²) in [4.78, 5) is 20.2. The van der Waals surface area contributed by atoms with Crippen LogP contribution in [0, 0.1) is 25.5 Å². The number of aryl methyl sites for hydroxylation is 2. The number of likely N-dealkylation sites (N-methyl/N-ethyl adjacent to an activating group) is 1. The number of nitrogens with one attached hydrogen (secondary N) is 1. The Morgan fingerprint density at radius 3 is 2.28 bits per heavy atom. The second-order valence-corrected chi connectivity index (χ2v) is 10.6. The maximum absolute atomic E-state index is 15.1. The van der Waals surface area contributed by atoms with Crippen LogP contribution in [-0.4, -0.2) is 75.2 Å². The summed E-state index contributed by atoms with van der Waals surface area (Å²) >= 11 is 0. The first-order valence-electron chi connectivity index (χ1n) is 13.5. The van der Waals surface area contributed by atoms with Gasteiger partial charge in [-0.25, -0.2) is 8.78 Å². The predicted molar refractivity (Wildman–Crippen MR) is 151 cm³/mol. The van der Waals surface area contributed by atoms with E-state index in [0.29, 0.717) is 46.7 Å². The van der Waals surface area contributed by atoms with Crippen molar-refractivity contribution in [3.05, 3.63) is 82.4 Å². The predicted octanol–water partition coefficient (Wildman–Crippen LogP) is 5.08. The highest BCUT2D eigenvalue weighted by Crippen LogP contribution is 2.34. The van der Waals surface area contributed by atoms with E-state index in [1.54, 1.807) is 26.0 Å². The van der Waals surface area contributed by atoms with Crippen molar-refractivity contribution in [1.29, 1.82) is 0 Å². The third kappa shape index (κ3) is 6.30. The molecule has 0 spiro atoms. The molecule has 1 amide bonds. The molecular formula is C31H36F2N4O2. The Bertz CT molecular complexity index is 1330. The van der Waals surface area contributed by atoms with Crippen LogP contribution in [0.5, 0.6) is 0 Å². The molecule has 1 N–H and O–H groups in total. The van der Waals surface area contributed by atoms with E-state index in [1.165, 1.54) is 6.07 Å². The number of morpholine rings is 1. The van der Waals surface area contributed by atoms with Crippen molar-refractivity contribution < 1.29 is 18.3 Å². The molecule has 39 heavy (non-hydrogen) atoms. The van der Waals surface area contributed by atoms with Gasteiger partial charge in [0.15, 0.2) is 0 Å². The Labute approximate surface area is 229 Å². The summed E-state index contributed by atoms with van der Waals surface area (Å²) in [7, 11) is 2.09. The molecule has 2 aliphatic rings. The van der Waals surface area contributed by atoms with E-state index in [0.717, 1.165) is 57.1 Å². The number of halogens is 2. The topological polar surface area (TPSA) is 48.1 Å². The maximum atomic E-state index is 15.1. The minimum atomic E-state index is -0.324. The van der Waals surface area contributed by atoms with Gasteiger partial charge in [-0.1, -0.05) is 12.1 Å². The third-order valence-electron chi connectivity index (χ3n) is 7.64. The van der Waals surface area contributed by atoms with Gasteiger partial charge in [-0.3, -0.25) is 9.69 Å². The van der Waals surface area contributed by atoms with Crippen LogP contribution in [0.15, 0.2) is 48.5 Å². The summed E-state index contributed by atoms with van der Waals surface area (Å²) in [6, 6.07) is 14.1. The van der Waals surface area contributed by atoms with Crippen molar-refractivity contribution in [1.82, 2.24) is 9.80 Å². The van der Waals surface area contributed by atoms with Crippen molar-refractivity contribution in [3.63, 3.8) is 0 Å². The number of nitrogens with zero attached hydrogens (tertiary/aromatic N) is 3. The lowest BCUT2D eigenvalue weighted by Crippen LogP contribution is -2.44. The van der Waals surface area contributed by atoms with E-state index in [2.05, 4.69) is 27.1 Å². The van der Waals surface area contributed by atoms with Gasteiger partial charge in [0.05, 0.1) is 24.6 Å². The number of benzene rings is 3. The van der Waals surface area contributed by atoms with E-state index in [9.17, 15) is 9.18 Å². The van der Waals surface area contributed by atoms with Gasteiger partial charge in [-0.15, -0.1) is 0 Å². The number of carbonyl (C=O) groups is 1. The number of ether oxygens (including phenoxy) is 1. The van der Waals surface area contributed by atoms with Crippen molar-refractivity contribution in [2.24, 2.45) is 0 Å². The largest absolute Gasteiger partial charge is 0.379 e. The highest BCUT2D eigenvalue weighted by molar-refractivity contribution is 6.06. The molecule has 6 nitrogen and oxygen atoms in total. The number of hydrogen-bond acceptors (Lipinski definition) is 5. The van der Waals surface area contributed by atoms with E-state index < -0.39 is 0 Å². The fraction of sp³-hybridized carbons (Fsp3) is 0.387. The Morgan fingerprint density at radius 1 is 0.897 bits per heavy atom. The van der Waals surface area contributed by atoms with E-state index >= 15 is 4.39 Å². The van der Waals surface area contributed by atoms with E-state index in [1.807, 2.05) is 30.3 Å². The first kappa shape index (κ1) is 27.2. The summed E-state index contributed by atoms with van der Waals surface area (Å²) in [5, 5.41) is 3.06. The lowest BCUT2D eigenvalue weighted by Gasteiger charge is -2.35. The Kier molecular flexibility index (Phi) is 8.26. The highest BCUT2D eigenvalue weighted by atomic mass is 19.1. The molecule has 0 bridgehead atoms. The summed E-state index contributed by atoms with van der Waals surface area (Å²) in [5.74, 6) is -0.940. The van der Waals surface area contributed by atoms with Gasteiger partial charge in [0.1, 0.15) is 11.6 Å². The number of hydrogen-bond donors (Lipinski definition) is 1. The van der Waals surface area contributed by atoms with Crippen LogP contribution in [0.4, 0.5) is 20.2 Å². The Morgan fingerprint density at radius 2 is 1.59 bits per heavy atom. The standard InChI is InChI=1S/C31H36F2N4O2/c1-21-16-25(17-22(2)30(21)33)31(38)34-28-19-24(5-7-29(28)37-10-8-35(3)9-11-37)26-18-23(4-6-27(26)32)20-36-12-14-39-15-13-36/h4-7,16-19H,8-15,20H2,1-3H3,(H,34,38). The van der Waals surface area contributed by atoms with Gasteiger partial charge in [0.25, 0.3) is 5.91 Å². The smallest absolute Gasteiger partial charge is 0.255 e. The van der Waals surface area contributed by atoms with Crippen molar-refractivity contribution >= 4 is 17.3 Å². The molecule has 0 unspecified atom stereocenters. The van der Waals surface area contributed by atoms with E-state index in [4.69, 9.17) is 4.74 Å². The number of amides is 1. The van der Waals surface area contributed by atoms with Crippen LogP contribution < -0.4 is 10.2 Å². The lowest BCUT2D eigenvalue weighted by molar-refractivity contribution is 0.0342. The molecule has 3 aromatic carbocycles. The molecule has 2 fully saturated rings. The van der Waals surface area contributed by atoms with Gasteiger partial charge in [-0.05, 0) is 79.5 Å². The molecule has 8 heteroatoms. The number of rotatable bonds is 6.